The van der Waals surface area contributed by atoms with Crippen molar-refractivity contribution in [3.8, 4) is 0 Å². The van der Waals surface area contributed by atoms with Gasteiger partial charge in [0.15, 0.2) is 0 Å². The van der Waals surface area contributed by atoms with E-state index in [9.17, 15) is 23.6 Å². The van der Waals surface area contributed by atoms with Gasteiger partial charge in [-0.2, -0.15) is 0 Å². The van der Waals surface area contributed by atoms with Gasteiger partial charge in [0.2, 0.25) is 11.8 Å². The summed E-state index contributed by atoms with van der Waals surface area (Å²) in [4.78, 5) is 50.5. The van der Waals surface area contributed by atoms with Gasteiger partial charge in [-0.1, -0.05) is 32.9 Å². The van der Waals surface area contributed by atoms with Crippen molar-refractivity contribution in [3.05, 3.63) is 51.7 Å². The summed E-state index contributed by atoms with van der Waals surface area (Å²) in [7, 11) is 1.21. The topological polar surface area (TPSA) is 140 Å². The molecule has 2 aromatic rings. The number of hydrogen-bond acceptors (Lipinski definition) is 7. The SMILES string of the molecule is CCC(C(=O)Nc1sc(C(=O)NCCNC(=O)[C@@H](N)C(C)C)c(C)c1C(=O)OC)c1ccc(F)cc1. The maximum atomic E-state index is 13.3. The Balaban J connectivity index is 2.17. The van der Waals surface area contributed by atoms with Gasteiger partial charge in [-0.15, -0.1) is 11.3 Å². The third-order valence-electron chi connectivity index (χ3n) is 5.71. The fourth-order valence-electron chi connectivity index (χ4n) is 3.50. The molecular formula is C25H33FN4O5S. The van der Waals surface area contributed by atoms with Gasteiger partial charge in [-0.05, 0) is 42.5 Å². The second-order valence-corrected chi connectivity index (χ2v) is 9.59. The minimum absolute atomic E-state index is 0.0194. The molecule has 0 saturated carbocycles. The van der Waals surface area contributed by atoms with Crippen LogP contribution in [0.4, 0.5) is 9.39 Å². The third kappa shape index (κ3) is 7.11. The maximum absolute atomic E-state index is 13.3. The van der Waals surface area contributed by atoms with Gasteiger partial charge in [-0.3, -0.25) is 14.4 Å². The molecule has 5 N–H and O–H groups in total. The van der Waals surface area contributed by atoms with Crippen LogP contribution in [0.2, 0.25) is 0 Å². The first-order valence-electron chi connectivity index (χ1n) is 11.6. The van der Waals surface area contributed by atoms with Crippen molar-refractivity contribution in [2.75, 3.05) is 25.5 Å². The molecule has 9 nitrogen and oxygen atoms in total. The Bertz CT molecular complexity index is 1100. The normalized spacial score (nSPS) is 12.6. The molecular weight excluding hydrogens is 487 g/mol. The number of esters is 1. The van der Waals surface area contributed by atoms with E-state index in [0.29, 0.717) is 17.5 Å². The van der Waals surface area contributed by atoms with Gasteiger partial charge in [0, 0.05) is 13.1 Å². The van der Waals surface area contributed by atoms with E-state index >= 15 is 0 Å². The van der Waals surface area contributed by atoms with Crippen LogP contribution in [0.1, 0.15) is 64.3 Å². The number of anilines is 1. The predicted molar refractivity (Wildman–Crippen MR) is 137 cm³/mol. The fraction of sp³-hybridized carbons (Fsp3) is 0.440. The number of nitrogens with one attached hydrogen (secondary N) is 3. The summed E-state index contributed by atoms with van der Waals surface area (Å²) in [6.07, 6.45) is 0.439. The molecule has 11 heteroatoms. The second kappa shape index (κ2) is 13.1. The molecule has 0 aliphatic rings. The third-order valence-corrected chi connectivity index (χ3v) is 6.91. The minimum atomic E-state index is -0.692. The van der Waals surface area contributed by atoms with Crippen LogP contribution in [-0.4, -0.2) is 49.9 Å². The molecule has 2 atom stereocenters. The molecule has 0 bridgehead atoms. The van der Waals surface area contributed by atoms with E-state index in [-0.39, 0.29) is 40.4 Å². The number of rotatable bonds is 11. The molecule has 1 aromatic heterocycles. The average molecular weight is 521 g/mol. The number of carbonyl (C=O) groups is 4. The highest BCUT2D eigenvalue weighted by molar-refractivity contribution is 7.18. The molecule has 36 heavy (non-hydrogen) atoms. The minimum Gasteiger partial charge on any atom is -0.465 e. The molecule has 0 saturated heterocycles. The highest BCUT2D eigenvalue weighted by atomic mass is 32.1. The van der Waals surface area contributed by atoms with Gasteiger partial charge in [0.1, 0.15) is 10.8 Å². The number of ether oxygens (including phenoxy) is 1. The Morgan fingerprint density at radius 1 is 1.06 bits per heavy atom. The molecule has 0 spiro atoms. The maximum Gasteiger partial charge on any atom is 0.341 e. The quantitative estimate of drug-likeness (QED) is 0.265. The van der Waals surface area contributed by atoms with E-state index < -0.39 is 35.6 Å². The summed E-state index contributed by atoms with van der Waals surface area (Å²) >= 11 is 0.953. The van der Waals surface area contributed by atoms with E-state index in [2.05, 4.69) is 16.0 Å². The Hall–Kier alpha value is -3.31. The van der Waals surface area contributed by atoms with Crippen LogP contribution in [-0.2, 0) is 14.3 Å². The van der Waals surface area contributed by atoms with E-state index in [4.69, 9.17) is 10.5 Å². The van der Waals surface area contributed by atoms with Crippen molar-refractivity contribution in [1.29, 1.82) is 0 Å². The van der Waals surface area contributed by atoms with Crippen molar-refractivity contribution < 1.29 is 28.3 Å². The summed E-state index contributed by atoms with van der Waals surface area (Å²) in [5, 5.41) is 8.29. The number of thiophene rings is 1. The van der Waals surface area contributed by atoms with Crippen LogP contribution >= 0.6 is 11.3 Å². The van der Waals surface area contributed by atoms with Crippen molar-refractivity contribution in [2.24, 2.45) is 11.7 Å². The zero-order valence-electron chi connectivity index (χ0n) is 21.1. The molecule has 0 aliphatic carbocycles. The zero-order chi connectivity index (χ0) is 27.0. The Morgan fingerprint density at radius 2 is 1.67 bits per heavy atom. The summed E-state index contributed by atoms with van der Waals surface area (Å²) in [6, 6.07) is 4.99. The smallest absolute Gasteiger partial charge is 0.341 e. The van der Waals surface area contributed by atoms with Gasteiger partial charge >= 0.3 is 5.97 Å². The molecule has 0 radical (unpaired) electrons. The van der Waals surface area contributed by atoms with Crippen molar-refractivity contribution in [1.82, 2.24) is 10.6 Å². The van der Waals surface area contributed by atoms with Crippen LogP contribution in [0.3, 0.4) is 0 Å². The van der Waals surface area contributed by atoms with Crippen LogP contribution in [0.5, 0.6) is 0 Å². The predicted octanol–water partition coefficient (Wildman–Crippen LogP) is 2.94. The van der Waals surface area contributed by atoms with Crippen molar-refractivity contribution >= 4 is 40.0 Å². The molecule has 2 rings (SSSR count). The lowest BCUT2D eigenvalue weighted by Gasteiger charge is -2.15. The molecule has 0 aliphatic heterocycles. The first kappa shape index (κ1) is 28.9. The number of methoxy groups -OCH3 is 1. The average Bonchev–Trinajstić information content (AvgIpc) is 3.17. The molecule has 196 valence electrons. The first-order valence-corrected chi connectivity index (χ1v) is 12.4. The van der Waals surface area contributed by atoms with E-state index in [1.54, 1.807) is 6.92 Å². The fourth-order valence-corrected chi connectivity index (χ4v) is 4.61. The van der Waals surface area contributed by atoms with Gasteiger partial charge < -0.3 is 26.4 Å². The Kier molecular flexibility index (Phi) is 10.5. The Labute approximate surface area is 214 Å². The molecule has 1 aromatic carbocycles. The molecule has 1 unspecified atom stereocenters. The number of carbonyl (C=O) groups excluding carboxylic acids is 4. The van der Waals surface area contributed by atoms with Crippen molar-refractivity contribution in [2.45, 2.75) is 46.1 Å². The summed E-state index contributed by atoms with van der Waals surface area (Å²) in [5.74, 6) is -2.87. The second-order valence-electron chi connectivity index (χ2n) is 8.57. The van der Waals surface area contributed by atoms with Crippen LogP contribution in [0.25, 0.3) is 0 Å². The number of benzene rings is 1. The lowest BCUT2D eigenvalue weighted by molar-refractivity contribution is -0.123. The highest BCUT2D eigenvalue weighted by Crippen LogP contribution is 2.35. The standard InChI is InChI=1S/C25H33FN4O5S/c1-6-17(15-7-9-16(26)10-8-15)21(31)30-24-18(25(34)35-5)14(4)20(36-24)23(33)29-12-11-28-22(32)19(27)13(2)3/h7-10,13,17,19H,6,11-12,27H2,1-5H3,(H,28,32)(H,29,33)(H,30,31)/t17?,19-/m0/s1. The highest BCUT2D eigenvalue weighted by Gasteiger charge is 2.28. The van der Waals surface area contributed by atoms with Crippen LogP contribution in [0, 0.1) is 18.7 Å². The lowest BCUT2D eigenvalue weighted by atomic mass is 9.95. The van der Waals surface area contributed by atoms with Gasteiger partial charge in [-0.25, -0.2) is 9.18 Å². The molecule has 1 heterocycles. The Morgan fingerprint density at radius 3 is 2.22 bits per heavy atom. The monoisotopic (exact) mass is 520 g/mol. The van der Waals surface area contributed by atoms with Crippen LogP contribution < -0.4 is 21.7 Å². The van der Waals surface area contributed by atoms with Gasteiger partial charge in [0.05, 0.1) is 29.5 Å². The number of hydrogen-bond donors (Lipinski definition) is 4. The summed E-state index contributed by atoms with van der Waals surface area (Å²) in [6.45, 7) is 7.41. The van der Waals surface area contributed by atoms with E-state index in [1.807, 2.05) is 20.8 Å². The zero-order valence-corrected chi connectivity index (χ0v) is 21.9. The summed E-state index contributed by atoms with van der Waals surface area (Å²) in [5.41, 5.74) is 6.87. The molecule has 3 amide bonds. The lowest BCUT2D eigenvalue weighted by Crippen LogP contribution is -2.46. The summed E-state index contributed by atoms with van der Waals surface area (Å²) < 4.78 is 18.2. The largest absolute Gasteiger partial charge is 0.465 e. The van der Waals surface area contributed by atoms with Crippen LogP contribution in [0.15, 0.2) is 24.3 Å². The number of amides is 3. The van der Waals surface area contributed by atoms with Gasteiger partial charge in [0.25, 0.3) is 5.91 Å². The van der Waals surface area contributed by atoms with E-state index in [1.165, 1.54) is 31.4 Å². The molecule has 0 fully saturated rings. The number of nitrogens with two attached hydrogens (primary N) is 1. The number of halogens is 1. The van der Waals surface area contributed by atoms with Crippen molar-refractivity contribution in [3.63, 3.8) is 0 Å². The first-order chi connectivity index (χ1) is 17.0. The van der Waals surface area contributed by atoms with E-state index in [0.717, 1.165) is 11.3 Å².